The molecule has 0 aromatic rings. The number of carboxylic acid groups (broad SMARTS) is 1. The molecule has 1 aliphatic carbocycles. The molecular weight excluding hydrogens is 264 g/mol. The maximum absolute atomic E-state index is 11.3. The summed E-state index contributed by atoms with van der Waals surface area (Å²) in [4.78, 5) is 11.3. The SMILES string of the molecule is C=CC(C(=O)O)C1=CC(C(C)(C)C)C(O)(C(C)(C)C)C=C1. The minimum Gasteiger partial charge on any atom is -0.481 e. The van der Waals surface area contributed by atoms with E-state index in [9.17, 15) is 15.0 Å². The number of hydrogen-bond acceptors (Lipinski definition) is 2. The first kappa shape index (κ1) is 17.7. The molecule has 3 nitrogen and oxygen atoms in total. The summed E-state index contributed by atoms with van der Waals surface area (Å²) in [6.07, 6.45) is 6.83. The molecule has 0 radical (unpaired) electrons. The highest BCUT2D eigenvalue weighted by molar-refractivity contribution is 5.77. The van der Waals surface area contributed by atoms with Crippen LogP contribution in [-0.2, 0) is 4.79 Å². The van der Waals surface area contributed by atoms with Gasteiger partial charge in [-0.3, -0.25) is 4.79 Å². The van der Waals surface area contributed by atoms with Gasteiger partial charge in [-0.05, 0) is 16.4 Å². The van der Waals surface area contributed by atoms with E-state index < -0.39 is 17.5 Å². The topological polar surface area (TPSA) is 57.5 Å². The van der Waals surface area contributed by atoms with E-state index in [2.05, 4.69) is 27.4 Å². The number of hydrogen-bond donors (Lipinski definition) is 2. The third-order valence-electron chi connectivity index (χ3n) is 4.36. The number of allylic oxidation sites excluding steroid dienone is 1. The number of aliphatic carboxylic acids is 1. The molecule has 21 heavy (non-hydrogen) atoms. The van der Waals surface area contributed by atoms with Crippen molar-refractivity contribution in [2.75, 3.05) is 0 Å². The molecule has 0 aromatic heterocycles. The summed E-state index contributed by atoms with van der Waals surface area (Å²) in [5.74, 6) is -1.84. The second-order valence-corrected chi connectivity index (χ2v) is 7.97. The second kappa shape index (κ2) is 5.45. The van der Waals surface area contributed by atoms with Crippen LogP contribution in [0, 0.1) is 22.7 Å². The highest BCUT2D eigenvalue weighted by Crippen LogP contribution is 2.49. The highest BCUT2D eigenvalue weighted by Gasteiger charge is 2.49. The lowest BCUT2D eigenvalue weighted by Crippen LogP contribution is -2.52. The highest BCUT2D eigenvalue weighted by atomic mass is 16.4. The lowest BCUT2D eigenvalue weighted by molar-refractivity contribution is -0.139. The zero-order valence-electron chi connectivity index (χ0n) is 14.0. The Kier molecular flexibility index (Phi) is 4.59. The molecule has 0 amide bonds. The normalized spacial score (nSPS) is 28.0. The number of carbonyl (C=O) groups is 1. The Labute approximate surface area is 128 Å². The molecule has 3 heteroatoms. The molecule has 0 heterocycles. The van der Waals surface area contributed by atoms with E-state index in [0.717, 1.165) is 0 Å². The Balaban J connectivity index is 3.39. The molecule has 0 saturated heterocycles. The van der Waals surface area contributed by atoms with Gasteiger partial charge in [-0.2, -0.15) is 0 Å². The van der Waals surface area contributed by atoms with Gasteiger partial charge in [-0.25, -0.2) is 0 Å². The summed E-state index contributed by atoms with van der Waals surface area (Å²) in [5.41, 5.74) is -0.871. The molecule has 2 N–H and O–H groups in total. The minimum absolute atomic E-state index is 0.174. The molecular formula is C18H28O3. The summed E-state index contributed by atoms with van der Waals surface area (Å²) >= 11 is 0. The van der Waals surface area contributed by atoms with Gasteiger partial charge in [-0.1, -0.05) is 65.8 Å². The standard InChI is InChI=1S/C18H28O3/c1-8-13(15(19)20)12-9-10-18(21,17(5,6)7)14(11-12)16(2,3)4/h8-11,13-14,21H,1H2,2-7H3,(H,19,20). The third-order valence-corrected chi connectivity index (χ3v) is 4.36. The van der Waals surface area contributed by atoms with E-state index in [1.54, 1.807) is 12.2 Å². The smallest absolute Gasteiger partial charge is 0.314 e. The second-order valence-electron chi connectivity index (χ2n) is 7.97. The summed E-state index contributed by atoms with van der Waals surface area (Å²) in [6.45, 7) is 15.8. The van der Waals surface area contributed by atoms with Crippen LogP contribution in [0.5, 0.6) is 0 Å². The van der Waals surface area contributed by atoms with Gasteiger partial charge in [0.1, 0.15) is 0 Å². The van der Waals surface area contributed by atoms with Gasteiger partial charge in [0.05, 0.1) is 11.5 Å². The fourth-order valence-electron chi connectivity index (χ4n) is 2.92. The molecule has 1 aliphatic rings. The first-order valence-electron chi connectivity index (χ1n) is 7.33. The van der Waals surface area contributed by atoms with Crippen molar-refractivity contribution in [1.82, 2.24) is 0 Å². The van der Waals surface area contributed by atoms with Crippen molar-refractivity contribution < 1.29 is 15.0 Å². The molecule has 0 fully saturated rings. The van der Waals surface area contributed by atoms with Crippen molar-refractivity contribution >= 4 is 5.97 Å². The Bertz CT molecular complexity index is 486. The van der Waals surface area contributed by atoms with Crippen molar-refractivity contribution in [2.24, 2.45) is 22.7 Å². The largest absolute Gasteiger partial charge is 0.481 e. The van der Waals surface area contributed by atoms with E-state index in [4.69, 9.17) is 0 Å². The van der Waals surface area contributed by atoms with Gasteiger partial charge in [-0.15, -0.1) is 6.58 Å². The molecule has 1 rings (SSSR count). The van der Waals surface area contributed by atoms with Crippen LogP contribution in [0.15, 0.2) is 36.5 Å². The van der Waals surface area contributed by atoms with Crippen LogP contribution in [-0.4, -0.2) is 21.8 Å². The molecule has 3 atom stereocenters. The predicted molar refractivity (Wildman–Crippen MR) is 85.9 cm³/mol. The quantitative estimate of drug-likeness (QED) is 0.778. The average molecular weight is 292 g/mol. The zero-order chi connectivity index (χ0) is 16.6. The maximum atomic E-state index is 11.3. The lowest BCUT2D eigenvalue weighted by atomic mass is 9.58. The summed E-state index contributed by atoms with van der Waals surface area (Å²) in [7, 11) is 0. The fourth-order valence-corrected chi connectivity index (χ4v) is 2.92. The van der Waals surface area contributed by atoms with Crippen LogP contribution in [0.3, 0.4) is 0 Å². The van der Waals surface area contributed by atoms with Gasteiger partial charge in [0.15, 0.2) is 0 Å². The van der Waals surface area contributed by atoms with Gasteiger partial charge in [0.2, 0.25) is 0 Å². The monoisotopic (exact) mass is 292 g/mol. The maximum Gasteiger partial charge on any atom is 0.314 e. The average Bonchev–Trinajstić information content (AvgIpc) is 2.28. The van der Waals surface area contributed by atoms with Crippen LogP contribution in [0.2, 0.25) is 0 Å². The summed E-state index contributed by atoms with van der Waals surface area (Å²) < 4.78 is 0. The van der Waals surface area contributed by atoms with Crippen molar-refractivity contribution in [3.05, 3.63) is 36.5 Å². The molecule has 0 aliphatic heterocycles. The van der Waals surface area contributed by atoms with Gasteiger partial charge < -0.3 is 10.2 Å². The fraction of sp³-hybridized carbons (Fsp3) is 0.611. The van der Waals surface area contributed by atoms with Crippen LogP contribution < -0.4 is 0 Å². The van der Waals surface area contributed by atoms with E-state index in [1.165, 1.54) is 6.08 Å². The van der Waals surface area contributed by atoms with E-state index in [0.29, 0.717) is 5.57 Å². The third kappa shape index (κ3) is 3.29. The number of carboxylic acids is 1. The predicted octanol–water partition coefficient (Wildman–Crippen LogP) is 3.81. The Morgan fingerprint density at radius 3 is 2.19 bits per heavy atom. The van der Waals surface area contributed by atoms with Crippen LogP contribution in [0.1, 0.15) is 41.5 Å². The zero-order valence-corrected chi connectivity index (χ0v) is 14.0. The van der Waals surface area contributed by atoms with E-state index in [-0.39, 0.29) is 16.7 Å². The van der Waals surface area contributed by atoms with Gasteiger partial charge >= 0.3 is 5.97 Å². The van der Waals surface area contributed by atoms with E-state index in [1.807, 2.05) is 26.8 Å². The van der Waals surface area contributed by atoms with Crippen LogP contribution >= 0.6 is 0 Å². The molecule has 0 saturated carbocycles. The van der Waals surface area contributed by atoms with Crippen molar-refractivity contribution in [3.63, 3.8) is 0 Å². The minimum atomic E-state index is -1.01. The molecule has 0 bridgehead atoms. The summed E-state index contributed by atoms with van der Waals surface area (Å²) in [5, 5.41) is 20.5. The Morgan fingerprint density at radius 1 is 1.33 bits per heavy atom. The molecule has 3 unspecified atom stereocenters. The number of aliphatic hydroxyl groups is 1. The van der Waals surface area contributed by atoms with Crippen LogP contribution in [0.25, 0.3) is 0 Å². The van der Waals surface area contributed by atoms with Crippen molar-refractivity contribution in [2.45, 2.75) is 47.1 Å². The Hall–Kier alpha value is -1.35. The van der Waals surface area contributed by atoms with Crippen LogP contribution in [0.4, 0.5) is 0 Å². The summed E-state index contributed by atoms with van der Waals surface area (Å²) in [6, 6.07) is 0. The van der Waals surface area contributed by atoms with Crippen molar-refractivity contribution in [1.29, 1.82) is 0 Å². The molecule has 0 spiro atoms. The first-order chi connectivity index (χ1) is 9.34. The van der Waals surface area contributed by atoms with Crippen molar-refractivity contribution in [3.8, 4) is 0 Å². The van der Waals surface area contributed by atoms with Gasteiger partial charge in [0.25, 0.3) is 0 Å². The van der Waals surface area contributed by atoms with E-state index >= 15 is 0 Å². The molecule has 118 valence electrons. The lowest BCUT2D eigenvalue weighted by Gasteiger charge is -2.50. The molecule has 0 aromatic carbocycles. The van der Waals surface area contributed by atoms with Gasteiger partial charge in [0, 0.05) is 5.92 Å². The first-order valence-corrected chi connectivity index (χ1v) is 7.33. The number of rotatable bonds is 3. The Morgan fingerprint density at radius 2 is 1.86 bits per heavy atom.